The van der Waals surface area contributed by atoms with Gasteiger partial charge in [-0.1, -0.05) is 18.2 Å². The smallest absolute Gasteiger partial charge is 0.338 e. The van der Waals surface area contributed by atoms with Crippen LogP contribution in [0.2, 0.25) is 0 Å². The lowest BCUT2D eigenvalue weighted by molar-refractivity contribution is 0.0699. The Kier molecular flexibility index (Phi) is 2.46. The molecule has 2 aliphatic heterocycles. The third-order valence-corrected chi connectivity index (χ3v) is 4.47. The molecule has 2 bridgehead atoms. The van der Waals surface area contributed by atoms with Gasteiger partial charge in [0.1, 0.15) is 0 Å². The van der Waals surface area contributed by atoms with Crippen LogP contribution in [0, 0.1) is 5.92 Å². The molecule has 1 saturated heterocycles. The van der Waals surface area contributed by atoms with E-state index >= 15 is 0 Å². The highest BCUT2D eigenvalue weighted by Crippen LogP contribution is 2.39. The van der Waals surface area contributed by atoms with E-state index in [1.807, 2.05) is 24.3 Å². The molecule has 2 aliphatic rings. The Labute approximate surface area is 117 Å². The quantitative estimate of drug-likeness (QED) is 0.864. The van der Waals surface area contributed by atoms with Gasteiger partial charge in [0, 0.05) is 18.5 Å². The number of rotatable bonds is 1. The van der Waals surface area contributed by atoms with Crippen molar-refractivity contribution >= 4 is 22.6 Å². The highest BCUT2D eigenvalue weighted by molar-refractivity contribution is 6.08. The van der Waals surface area contributed by atoms with Crippen molar-refractivity contribution in [3.63, 3.8) is 0 Å². The maximum absolute atomic E-state index is 11.8. The van der Waals surface area contributed by atoms with Gasteiger partial charge in [-0.2, -0.15) is 0 Å². The summed E-state index contributed by atoms with van der Waals surface area (Å²) in [6.45, 7) is 1.93. The van der Waals surface area contributed by atoms with Crippen molar-refractivity contribution in [3.8, 4) is 0 Å². The van der Waals surface area contributed by atoms with Gasteiger partial charge in [0.15, 0.2) is 0 Å². The van der Waals surface area contributed by atoms with E-state index in [1.54, 1.807) is 0 Å². The van der Waals surface area contributed by atoms with Crippen LogP contribution >= 0.6 is 0 Å². The summed E-state index contributed by atoms with van der Waals surface area (Å²) in [6, 6.07) is 7.56. The van der Waals surface area contributed by atoms with Crippen LogP contribution in [0.3, 0.4) is 0 Å². The van der Waals surface area contributed by atoms with Gasteiger partial charge < -0.3 is 10.0 Å². The first-order valence-corrected chi connectivity index (χ1v) is 7.14. The number of aromatic nitrogens is 1. The Balaban J connectivity index is 2.06. The van der Waals surface area contributed by atoms with Gasteiger partial charge >= 0.3 is 5.97 Å². The molecule has 0 saturated carbocycles. The van der Waals surface area contributed by atoms with Crippen molar-refractivity contribution in [1.29, 1.82) is 0 Å². The van der Waals surface area contributed by atoms with Crippen molar-refractivity contribution in [1.82, 2.24) is 4.98 Å². The first-order chi connectivity index (χ1) is 9.74. The number of aromatic carboxylic acids is 1. The Morgan fingerprint density at radius 2 is 2.20 bits per heavy atom. The summed E-state index contributed by atoms with van der Waals surface area (Å²) in [5.41, 5.74) is 3.07. The fourth-order valence-electron chi connectivity index (χ4n) is 3.66. The zero-order valence-corrected chi connectivity index (χ0v) is 11.2. The van der Waals surface area contributed by atoms with E-state index in [1.165, 1.54) is 6.42 Å². The van der Waals surface area contributed by atoms with Gasteiger partial charge in [0.05, 0.1) is 22.5 Å². The lowest BCUT2D eigenvalue weighted by atomic mass is 9.86. The van der Waals surface area contributed by atoms with E-state index in [4.69, 9.17) is 4.98 Å². The molecule has 4 heteroatoms. The first-order valence-electron chi connectivity index (χ1n) is 7.14. The van der Waals surface area contributed by atoms with E-state index in [0.29, 0.717) is 11.5 Å². The zero-order chi connectivity index (χ0) is 13.7. The Bertz CT molecular complexity index is 711. The Morgan fingerprint density at radius 1 is 1.35 bits per heavy atom. The molecular formula is C16H16N2O2. The van der Waals surface area contributed by atoms with Gasteiger partial charge in [-0.3, -0.25) is 4.98 Å². The summed E-state index contributed by atoms with van der Waals surface area (Å²) < 4.78 is 0. The second kappa shape index (κ2) is 4.20. The molecule has 102 valence electrons. The first kappa shape index (κ1) is 11.7. The third kappa shape index (κ3) is 1.60. The van der Waals surface area contributed by atoms with Crippen LogP contribution in [0.25, 0.3) is 10.9 Å². The lowest BCUT2D eigenvalue weighted by Gasteiger charge is -2.40. The van der Waals surface area contributed by atoms with Crippen molar-refractivity contribution in [2.24, 2.45) is 5.92 Å². The van der Waals surface area contributed by atoms with E-state index < -0.39 is 5.97 Å². The summed E-state index contributed by atoms with van der Waals surface area (Å²) in [4.78, 5) is 18.8. The number of fused-ring (bicyclic) bond motifs is 5. The molecule has 4 rings (SSSR count). The third-order valence-electron chi connectivity index (χ3n) is 4.47. The second-order valence-electron chi connectivity index (χ2n) is 5.76. The lowest BCUT2D eigenvalue weighted by Crippen LogP contribution is -2.41. The molecule has 0 spiro atoms. The molecule has 0 aliphatic carbocycles. The summed E-state index contributed by atoms with van der Waals surface area (Å²) in [5, 5.41) is 10.4. The predicted octanol–water partition coefficient (Wildman–Crippen LogP) is 2.71. The number of anilines is 1. The topological polar surface area (TPSA) is 53.4 Å². The maximum atomic E-state index is 11.8. The normalized spacial score (nSPS) is 20.8. The number of para-hydroxylation sites is 1. The van der Waals surface area contributed by atoms with Gasteiger partial charge in [0.25, 0.3) is 0 Å². The van der Waals surface area contributed by atoms with E-state index in [9.17, 15) is 9.90 Å². The second-order valence-corrected chi connectivity index (χ2v) is 5.76. The molecule has 20 heavy (non-hydrogen) atoms. The summed E-state index contributed by atoms with van der Waals surface area (Å²) in [7, 11) is 0. The standard InChI is InChI=1S/C16H16N2O2/c19-16(20)14-11-5-1-2-6-12(11)17-13-8-10-4-3-7-18(9-10)15(13)14/h1-2,5-6,10H,3-4,7-9H2,(H,19,20)/t10-/m1/s1. The number of carbonyl (C=O) groups is 1. The average molecular weight is 268 g/mol. The number of hydrogen-bond donors (Lipinski definition) is 1. The zero-order valence-electron chi connectivity index (χ0n) is 11.2. The predicted molar refractivity (Wildman–Crippen MR) is 77.3 cm³/mol. The molecule has 0 unspecified atom stereocenters. The average Bonchev–Trinajstić information content (AvgIpc) is 2.45. The van der Waals surface area contributed by atoms with Crippen molar-refractivity contribution in [3.05, 3.63) is 35.5 Å². The van der Waals surface area contributed by atoms with Crippen LogP contribution in [-0.2, 0) is 6.42 Å². The van der Waals surface area contributed by atoms with Crippen LogP contribution in [0.5, 0.6) is 0 Å². The number of carboxylic acid groups (broad SMARTS) is 1. The SMILES string of the molecule is O=C(O)c1c2c(nc3ccccc13)C[C@H]1CCCN2C1. The number of piperidine rings is 1. The van der Waals surface area contributed by atoms with Gasteiger partial charge in [-0.05, 0) is 31.2 Å². The van der Waals surface area contributed by atoms with Gasteiger partial charge in [-0.25, -0.2) is 4.79 Å². The molecule has 1 atom stereocenters. The van der Waals surface area contributed by atoms with Crippen LogP contribution < -0.4 is 4.90 Å². The fourth-order valence-corrected chi connectivity index (χ4v) is 3.66. The number of nitrogens with zero attached hydrogens (tertiary/aromatic N) is 2. The summed E-state index contributed by atoms with van der Waals surface area (Å²) >= 11 is 0. The number of benzene rings is 1. The van der Waals surface area contributed by atoms with Crippen LogP contribution in [0.15, 0.2) is 24.3 Å². The largest absolute Gasteiger partial charge is 0.478 e. The minimum atomic E-state index is -0.844. The number of pyridine rings is 1. The maximum Gasteiger partial charge on any atom is 0.338 e. The molecule has 2 aromatic rings. The highest BCUT2D eigenvalue weighted by atomic mass is 16.4. The molecular weight excluding hydrogens is 252 g/mol. The Morgan fingerprint density at radius 3 is 3.05 bits per heavy atom. The van der Waals surface area contributed by atoms with E-state index in [-0.39, 0.29) is 0 Å². The highest BCUT2D eigenvalue weighted by Gasteiger charge is 2.33. The fraction of sp³-hybridized carbons (Fsp3) is 0.375. The molecule has 1 fully saturated rings. The number of carboxylic acids is 1. The van der Waals surface area contributed by atoms with Crippen LogP contribution in [0.4, 0.5) is 5.69 Å². The molecule has 3 heterocycles. The molecule has 0 amide bonds. The van der Waals surface area contributed by atoms with E-state index in [0.717, 1.165) is 48.2 Å². The summed E-state index contributed by atoms with van der Waals surface area (Å²) in [5.74, 6) is -0.213. The molecule has 4 nitrogen and oxygen atoms in total. The van der Waals surface area contributed by atoms with Crippen molar-refractivity contribution < 1.29 is 9.90 Å². The minimum Gasteiger partial charge on any atom is -0.478 e. The monoisotopic (exact) mass is 268 g/mol. The van der Waals surface area contributed by atoms with Crippen molar-refractivity contribution in [2.75, 3.05) is 18.0 Å². The molecule has 1 N–H and O–H groups in total. The molecule has 1 aromatic carbocycles. The summed E-state index contributed by atoms with van der Waals surface area (Å²) in [6.07, 6.45) is 3.29. The molecule has 0 radical (unpaired) electrons. The van der Waals surface area contributed by atoms with Crippen molar-refractivity contribution in [2.45, 2.75) is 19.3 Å². The minimum absolute atomic E-state index is 0.436. The van der Waals surface area contributed by atoms with E-state index in [2.05, 4.69) is 4.90 Å². The van der Waals surface area contributed by atoms with Gasteiger partial charge in [-0.15, -0.1) is 0 Å². The molecule has 1 aromatic heterocycles. The Hall–Kier alpha value is -2.10. The van der Waals surface area contributed by atoms with Crippen LogP contribution in [0.1, 0.15) is 28.9 Å². The number of hydrogen-bond acceptors (Lipinski definition) is 3. The van der Waals surface area contributed by atoms with Gasteiger partial charge in [0.2, 0.25) is 0 Å². The van der Waals surface area contributed by atoms with Crippen LogP contribution in [-0.4, -0.2) is 29.1 Å².